The number of carbonyl (C=O) groups is 1. The maximum absolute atomic E-state index is 11.8. The quantitative estimate of drug-likeness (QED) is 0.608. The molecule has 1 amide bonds. The number of carbonyl (C=O) groups excluding carboxylic acids is 1. The second-order valence-electron chi connectivity index (χ2n) is 6.52. The lowest BCUT2D eigenvalue weighted by atomic mass is 10.3. The number of benzene rings is 1. The molecule has 0 aliphatic carbocycles. The molecule has 156 valence electrons. The van der Waals surface area contributed by atoms with Crippen LogP contribution in [0.1, 0.15) is 12.6 Å². The molecule has 1 fully saturated rings. The second-order valence-corrected chi connectivity index (χ2v) is 6.52. The third-order valence-electron chi connectivity index (χ3n) is 4.73. The Bertz CT molecular complexity index is 825. The van der Waals surface area contributed by atoms with E-state index in [2.05, 4.69) is 20.3 Å². The molecule has 9 nitrogen and oxygen atoms in total. The van der Waals surface area contributed by atoms with Crippen molar-refractivity contribution in [3.8, 4) is 11.4 Å². The Hall–Kier alpha value is -3.23. The lowest BCUT2D eigenvalue weighted by molar-refractivity contribution is 0.0914. The molecule has 2 aromatic rings. The number of hydrogen-bond acceptors (Lipinski definition) is 5. The van der Waals surface area contributed by atoms with Gasteiger partial charge in [-0.2, -0.15) is 5.10 Å². The van der Waals surface area contributed by atoms with Gasteiger partial charge in [-0.3, -0.25) is 4.99 Å². The zero-order chi connectivity index (χ0) is 20.6. The Labute approximate surface area is 170 Å². The summed E-state index contributed by atoms with van der Waals surface area (Å²) in [6, 6.07) is 9.72. The highest BCUT2D eigenvalue weighted by Crippen LogP contribution is 2.14. The first-order valence-electron chi connectivity index (χ1n) is 9.71. The maximum atomic E-state index is 11.8. The zero-order valence-corrected chi connectivity index (χ0v) is 17.2. The fraction of sp³-hybridized carbons (Fsp3) is 0.450. The first-order chi connectivity index (χ1) is 14.1. The molecular weight excluding hydrogens is 372 g/mol. The molecule has 1 N–H and O–H groups in total. The summed E-state index contributed by atoms with van der Waals surface area (Å²) in [4.78, 5) is 20.1. The van der Waals surface area contributed by atoms with Gasteiger partial charge >= 0.3 is 6.09 Å². The van der Waals surface area contributed by atoms with Crippen molar-refractivity contribution in [1.29, 1.82) is 0 Å². The monoisotopic (exact) mass is 400 g/mol. The smallest absolute Gasteiger partial charge is 0.409 e. The highest BCUT2D eigenvalue weighted by atomic mass is 16.6. The Morgan fingerprint density at radius 1 is 1.14 bits per heavy atom. The average molecular weight is 400 g/mol. The van der Waals surface area contributed by atoms with Gasteiger partial charge in [0.25, 0.3) is 0 Å². The fourth-order valence-electron chi connectivity index (χ4n) is 3.15. The topological polar surface area (TPSA) is 84.2 Å². The molecule has 1 aromatic heterocycles. The van der Waals surface area contributed by atoms with Crippen LogP contribution in [0.3, 0.4) is 0 Å². The molecule has 29 heavy (non-hydrogen) atoms. The molecule has 3 rings (SSSR count). The number of piperazine rings is 1. The van der Waals surface area contributed by atoms with E-state index in [0.717, 1.165) is 23.1 Å². The van der Waals surface area contributed by atoms with Crippen LogP contribution in [-0.4, -0.2) is 78.6 Å². The van der Waals surface area contributed by atoms with Gasteiger partial charge in [0, 0.05) is 39.4 Å². The van der Waals surface area contributed by atoms with E-state index in [9.17, 15) is 4.79 Å². The molecule has 0 unspecified atom stereocenters. The van der Waals surface area contributed by atoms with Crippen LogP contribution in [0.25, 0.3) is 5.69 Å². The van der Waals surface area contributed by atoms with Crippen LogP contribution in [0.15, 0.2) is 41.5 Å². The highest BCUT2D eigenvalue weighted by Gasteiger charge is 2.23. The second kappa shape index (κ2) is 9.81. The van der Waals surface area contributed by atoms with E-state index in [1.807, 2.05) is 48.1 Å². The number of nitrogens with zero attached hydrogens (tertiary/aromatic N) is 5. The lowest BCUT2D eigenvalue weighted by Gasteiger charge is -2.35. The first kappa shape index (κ1) is 20.5. The summed E-state index contributed by atoms with van der Waals surface area (Å²) in [5.74, 6) is 1.61. The minimum absolute atomic E-state index is 0.251. The molecular formula is C20H28N6O3. The van der Waals surface area contributed by atoms with Gasteiger partial charge in [-0.05, 0) is 37.3 Å². The maximum Gasteiger partial charge on any atom is 0.409 e. The van der Waals surface area contributed by atoms with E-state index < -0.39 is 0 Å². The van der Waals surface area contributed by atoms with E-state index >= 15 is 0 Å². The van der Waals surface area contributed by atoms with Crippen LogP contribution in [-0.2, 0) is 11.3 Å². The molecule has 2 heterocycles. The first-order valence-corrected chi connectivity index (χ1v) is 9.71. The molecule has 1 saturated heterocycles. The number of methoxy groups -OCH3 is 1. The molecule has 0 atom stereocenters. The van der Waals surface area contributed by atoms with Crippen LogP contribution in [0.2, 0.25) is 0 Å². The van der Waals surface area contributed by atoms with Crippen molar-refractivity contribution in [2.24, 2.45) is 4.99 Å². The summed E-state index contributed by atoms with van der Waals surface area (Å²) >= 11 is 0. The van der Waals surface area contributed by atoms with E-state index in [-0.39, 0.29) is 6.09 Å². The molecule has 0 bridgehead atoms. The largest absolute Gasteiger partial charge is 0.497 e. The van der Waals surface area contributed by atoms with Gasteiger partial charge in [-0.25, -0.2) is 9.48 Å². The number of rotatable bonds is 5. The molecule has 0 radical (unpaired) electrons. The molecule has 1 aromatic carbocycles. The van der Waals surface area contributed by atoms with Crippen LogP contribution in [0.4, 0.5) is 4.79 Å². The number of aliphatic imine (C=N–C) groups is 1. The molecule has 0 saturated carbocycles. The van der Waals surface area contributed by atoms with E-state index in [0.29, 0.717) is 39.3 Å². The van der Waals surface area contributed by atoms with Gasteiger partial charge in [0.05, 0.1) is 31.6 Å². The van der Waals surface area contributed by atoms with Crippen LogP contribution >= 0.6 is 0 Å². The van der Waals surface area contributed by atoms with Crippen molar-refractivity contribution in [3.05, 3.63) is 42.2 Å². The average Bonchev–Trinajstić information content (AvgIpc) is 3.24. The summed E-state index contributed by atoms with van der Waals surface area (Å²) in [6.45, 7) is 5.42. The zero-order valence-electron chi connectivity index (χ0n) is 17.2. The van der Waals surface area contributed by atoms with Crippen LogP contribution in [0.5, 0.6) is 5.75 Å². The number of nitrogens with one attached hydrogen (secondary N) is 1. The summed E-state index contributed by atoms with van der Waals surface area (Å²) < 4.78 is 12.1. The normalized spacial score (nSPS) is 14.7. The third-order valence-corrected chi connectivity index (χ3v) is 4.73. The predicted molar refractivity (Wildman–Crippen MR) is 110 cm³/mol. The fourth-order valence-corrected chi connectivity index (χ4v) is 3.15. The van der Waals surface area contributed by atoms with Crippen molar-refractivity contribution < 1.29 is 14.3 Å². The number of guanidine groups is 1. The number of amides is 1. The number of aromatic nitrogens is 2. The summed E-state index contributed by atoms with van der Waals surface area (Å²) in [7, 11) is 3.41. The van der Waals surface area contributed by atoms with Crippen molar-refractivity contribution in [3.63, 3.8) is 0 Å². The van der Waals surface area contributed by atoms with Gasteiger partial charge in [0.2, 0.25) is 0 Å². The van der Waals surface area contributed by atoms with Crippen molar-refractivity contribution >= 4 is 12.1 Å². The summed E-state index contributed by atoms with van der Waals surface area (Å²) in [6.07, 6.45) is 1.68. The van der Waals surface area contributed by atoms with Gasteiger partial charge in [0.1, 0.15) is 5.75 Å². The standard InChI is InChI=1S/C20H28N6O3/c1-4-29-20(27)25-13-11-24(12-14-25)19(21-2)22-15-16-9-10-26(23-16)17-5-7-18(28-3)8-6-17/h5-10H,4,11-15H2,1-3H3,(H,21,22). The van der Waals surface area contributed by atoms with Gasteiger partial charge in [-0.15, -0.1) is 0 Å². The Kier molecular flexibility index (Phi) is 6.94. The van der Waals surface area contributed by atoms with Crippen LogP contribution in [0, 0.1) is 0 Å². The molecule has 9 heteroatoms. The summed E-state index contributed by atoms with van der Waals surface area (Å²) in [5, 5.41) is 7.97. The van der Waals surface area contributed by atoms with E-state index in [4.69, 9.17) is 9.47 Å². The Balaban J connectivity index is 1.52. The number of ether oxygens (including phenoxy) is 2. The minimum atomic E-state index is -0.251. The molecule has 1 aliphatic rings. The lowest BCUT2D eigenvalue weighted by Crippen LogP contribution is -2.53. The van der Waals surface area contributed by atoms with E-state index in [1.54, 1.807) is 19.1 Å². The predicted octanol–water partition coefficient (Wildman–Crippen LogP) is 1.73. The van der Waals surface area contributed by atoms with Crippen molar-refractivity contribution in [1.82, 2.24) is 24.9 Å². The van der Waals surface area contributed by atoms with Crippen molar-refractivity contribution in [2.75, 3.05) is 46.9 Å². The van der Waals surface area contributed by atoms with Crippen LogP contribution < -0.4 is 10.1 Å². The van der Waals surface area contributed by atoms with Crippen molar-refractivity contribution in [2.45, 2.75) is 13.5 Å². The summed E-state index contributed by atoms with van der Waals surface area (Å²) in [5.41, 5.74) is 1.88. The van der Waals surface area contributed by atoms with Gasteiger partial charge in [-0.1, -0.05) is 0 Å². The molecule has 0 spiro atoms. The highest BCUT2D eigenvalue weighted by molar-refractivity contribution is 5.80. The van der Waals surface area contributed by atoms with E-state index in [1.165, 1.54) is 0 Å². The number of hydrogen-bond donors (Lipinski definition) is 1. The Morgan fingerprint density at radius 2 is 1.83 bits per heavy atom. The minimum Gasteiger partial charge on any atom is -0.497 e. The van der Waals surface area contributed by atoms with Gasteiger partial charge in [0.15, 0.2) is 5.96 Å². The molecule has 1 aliphatic heterocycles. The SMILES string of the molecule is CCOC(=O)N1CCN(C(=NC)NCc2ccn(-c3ccc(OC)cc3)n2)CC1. The van der Waals surface area contributed by atoms with Gasteiger partial charge < -0.3 is 24.6 Å². The third kappa shape index (κ3) is 5.18. The Morgan fingerprint density at radius 3 is 2.45 bits per heavy atom.